The molecule has 0 saturated carbocycles. The zero-order chi connectivity index (χ0) is 18.5. The molecule has 0 heterocycles. The van der Waals surface area contributed by atoms with Crippen LogP contribution in [0.2, 0.25) is 0 Å². The Labute approximate surface area is 154 Å². The van der Waals surface area contributed by atoms with Crippen molar-refractivity contribution in [1.29, 1.82) is 0 Å². The summed E-state index contributed by atoms with van der Waals surface area (Å²) < 4.78 is 0. The second-order valence-corrected chi connectivity index (χ2v) is 6.63. The predicted octanol–water partition coefficient (Wildman–Crippen LogP) is 4.18. The fraction of sp³-hybridized carbons (Fsp3) is 0. The third-order valence-corrected chi connectivity index (χ3v) is 5.16. The molecule has 0 spiro atoms. The van der Waals surface area contributed by atoms with Gasteiger partial charge in [-0.2, -0.15) is 0 Å². The quantitative estimate of drug-likeness (QED) is 0.363. The van der Waals surface area contributed by atoms with Crippen molar-refractivity contribution in [3.8, 4) is 0 Å². The number of carbonyl (C=O) groups excluding carboxylic acids is 2. The third kappa shape index (κ3) is 2.22. The van der Waals surface area contributed by atoms with Gasteiger partial charge in [-0.05, 0) is 38.4 Å². The van der Waals surface area contributed by atoms with E-state index < -0.39 is 5.97 Å². The molecule has 5 rings (SSSR count). The number of ketones is 1. The molecule has 0 radical (unpaired) electrons. The molecular weight excluding hydrogens is 336 g/mol. The zero-order valence-corrected chi connectivity index (χ0v) is 14.2. The largest absolute Gasteiger partial charge is 0.545 e. The summed E-state index contributed by atoms with van der Waals surface area (Å²) in [5.41, 5.74) is 0.551. The van der Waals surface area contributed by atoms with Gasteiger partial charge in [0, 0.05) is 16.7 Å². The van der Waals surface area contributed by atoms with E-state index in [0.29, 0.717) is 5.56 Å². The summed E-state index contributed by atoms with van der Waals surface area (Å²) in [7, 11) is 0. The van der Waals surface area contributed by atoms with E-state index in [2.05, 4.69) is 18.2 Å². The Kier molecular flexibility index (Phi) is 3.25. The van der Waals surface area contributed by atoms with Crippen molar-refractivity contribution < 1.29 is 14.7 Å². The van der Waals surface area contributed by atoms with E-state index in [1.54, 1.807) is 18.2 Å². The van der Waals surface area contributed by atoms with Crippen LogP contribution in [0.15, 0.2) is 78.9 Å². The lowest BCUT2D eigenvalue weighted by molar-refractivity contribution is -0.255. The van der Waals surface area contributed by atoms with Crippen LogP contribution in [0.25, 0.3) is 32.3 Å². The lowest BCUT2D eigenvalue weighted by Crippen LogP contribution is -2.25. The predicted molar refractivity (Wildman–Crippen MR) is 104 cm³/mol. The highest BCUT2D eigenvalue weighted by molar-refractivity contribution is 6.28. The van der Waals surface area contributed by atoms with Crippen LogP contribution in [0.5, 0.6) is 0 Å². The SMILES string of the molecule is O=C([O-])c1ccccc1C(=O)c1ccc2ccc3cccc4ccc1c2c34. The van der Waals surface area contributed by atoms with Crippen molar-refractivity contribution in [2.75, 3.05) is 0 Å². The van der Waals surface area contributed by atoms with Crippen LogP contribution in [0, 0.1) is 0 Å². The van der Waals surface area contributed by atoms with Crippen LogP contribution in [-0.4, -0.2) is 11.8 Å². The molecule has 0 saturated heterocycles. The molecule has 0 bridgehead atoms. The van der Waals surface area contributed by atoms with Gasteiger partial charge in [-0.25, -0.2) is 0 Å². The van der Waals surface area contributed by atoms with Gasteiger partial charge in [-0.3, -0.25) is 4.79 Å². The molecule has 5 aromatic carbocycles. The molecule has 3 nitrogen and oxygen atoms in total. The van der Waals surface area contributed by atoms with Crippen molar-refractivity contribution in [1.82, 2.24) is 0 Å². The number of benzene rings is 5. The summed E-state index contributed by atoms with van der Waals surface area (Å²) in [6.07, 6.45) is 0. The Morgan fingerprint density at radius 1 is 0.556 bits per heavy atom. The second kappa shape index (κ2) is 5.64. The molecule has 0 unspecified atom stereocenters. The summed E-state index contributed by atoms with van der Waals surface area (Å²) in [6, 6.07) is 24.1. The van der Waals surface area contributed by atoms with E-state index in [4.69, 9.17) is 0 Å². The highest BCUT2D eigenvalue weighted by Gasteiger charge is 2.18. The van der Waals surface area contributed by atoms with Gasteiger partial charge in [-0.15, -0.1) is 0 Å². The first kappa shape index (κ1) is 15.5. The first-order valence-electron chi connectivity index (χ1n) is 8.67. The Bertz CT molecular complexity index is 1350. The molecule has 0 fully saturated rings. The van der Waals surface area contributed by atoms with Gasteiger partial charge in [0.2, 0.25) is 0 Å². The molecule has 0 aliphatic rings. The molecule has 0 aromatic heterocycles. The molecule has 5 aromatic rings. The Morgan fingerprint density at radius 2 is 1.15 bits per heavy atom. The van der Waals surface area contributed by atoms with Crippen LogP contribution in [0.4, 0.5) is 0 Å². The van der Waals surface area contributed by atoms with E-state index in [1.165, 1.54) is 12.1 Å². The Balaban J connectivity index is 1.84. The number of carboxylic acids is 1. The lowest BCUT2D eigenvalue weighted by Gasteiger charge is -2.15. The van der Waals surface area contributed by atoms with E-state index in [9.17, 15) is 14.7 Å². The van der Waals surface area contributed by atoms with E-state index in [-0.39, 0.29) is 16.9 Å². The Hall–Kier alpha value is -3.72. The third-order valence-electron chi connectivity index (χ3n) is 5.16. The van der Waals surface area contributed by atoms with Crippen LogP contribution in [-0.2, 0) is 0 Å². The summed E-state index contributed by atoms with van der Waals surface area (Å²) in [5, 5.41) is 17.7. The van der Waals surface area contributed by atoms with Crippen molar-refractivity contribution in [3.63, 3.8) is 0 Å². The number of hydrogen-bond donors (Lipinski definition) is 0. The van der Waals surface area contributed by atoms with Gasteiger partial charge in [0.05, 0.1) is 5.97 Å². The minimum absolute atomic E-state index is 0.0896. The number of hydrogen-bond acceptors (Lipinski definition) is 3. The maximum atomic E-state index is 13.2. The average Bonchev–Trinajstić information content (AvgIpc) is 2.71. The van der Waals surface area contributed by atoms with Crippen molar-refractivity contribution in [3.05, 3.63) is 95.6 Å². The molecule has 3 heteroatoms. The maximum absolute atomic E-state index is 13.2. The summed E-state index contributed by atoms with van der Waals surface area (Å²) in [6.45, 7) is 0. The van der Waals surface area contributed by atoms with Crippen LogP contribution in [0.1, 0.15) is 26.3 Å². The number of aromatic carboxylic acids is 1. The maximum Gasteiger partial charge on any atom is 0.194 e. The molecule has 128 valence electrons. The van der Waals surface area contributed by atoms with Gasteiger partial charge in [0.15, 0.2) is 5.78 Å². The topological polar surface area (TPSA) is 57.2 Å². The molecule has 0 aliphatic carbocycles. The van der Waals surface area contributed by atoms with Gasteiger partial charge >= 0.3 is 0 Å². The average molecular weight is 349 g/mol. The number of rotatable bonds is 3. The highest BCUT2D eigenvalue weighted by Crippen LogP contribution is 2.36. The minimum atomic E-state index is -1.35. The fourth-order valence-corrected chi connectivity index (χ4v) is 3.94. The molecular formula is C24H13O3-. The molecule has 27 heavy (non-hydrogen) atoms. The fourth-order valence-electron chi connectivity index (χ4n) is 3.94. The highest BCUT2D eigenvalue weighted by atomic mass is 16.4. The molecule has 0 aliphatic heterocycles. The monoisotopic (exact) mass is 349 g/mol. The second-order valence-electron chi connectivity index (χ2n) is 6.63. The van der Waals surface area contributed by atoms with Gasteiger partial charge in [0.25, 0.3) is 0 Å². The minimum Gasteiger partial charge on any atom is -0.545 e. The standard InChI is InChI=1S/C24H14O3/c25-23(18-6-1-2-7-20(18)24(26)27)19-13-11-16-9-8-14-4-3-5-15-10-12-17(19)22(16)21(14)15/h1-13H,(H,26,27)/p-1. The molecule has 0 atom stereocenters. The summed E-state index contributed by atoms with van der Waals surface area (Å²) >= 11 is 0. The van der Waals surface area contributed by atoms with E-state index in [1.807, 2.05) is 30.3 Å². The van der Waals surface area contributed by atoms with Crippen LogP contribution < -0.4 is 5.11 Å². The summed E-state index contributed by atoms with van der Waals surface area (Å²) in [5.74, 6) is -1.66. The van der Waals surface area contributed by atoms with Crippen LogP contribution in [0.3, 0.4) is 0 Å². The first-order valence-corrected chi connectivity index (χ1v) is 8.67. The van der Waals surface area contributed by atoms with Gasteiger partial charge in [-0.1, -0.05) is 72.8 Å². The Morgan fingerprint density at radius 3 is 1.85 bits per heavy atom. The smallest absolute Gasteiger partial charge is 0.194 e. The first-order chi connectivity index (χ1) is 13.1. The normalized spacial score (nSPS) is 11.4. The van der Waals surface area contributed by atoms with Crippen molar-refractivity contribution in [2.24, 2.45) is 0 Å². The van der Waals surface area contributed by atoms with Crippen LogP contribution >= 0.6 is 0 Å². The van der Waals surface area contributed by atoms with Crippen molar-refractivity contribution in [2.45, 2.75) is 0 Å². The van der Waals surface area contributed by atoms with Crippen molar-refractivity contribution >= 4 is 44.1 Å². The van der Waals surface area contributed by atoms with E-state index >= 15 is 0 Å². The van der Waals surface area contributed by atoms with Gasteiger partial charge < -0.3 is 9.90 Å². The molecule has 0 N–H and O–H groups in total. The van der Waals surface area contributed by atoms with E-state index in [0.717, 1.165) is 32.3 Å². The summed E-state index contributed by atoms with van der Waals surface area (Å²) in [4.78, 5) is 24.7. The number of carbonyl (C=O) groups is 2. The lowest BCUT2D eigenvalue weighted by atomic mass is 9.89. The molecule has 0 amide bonds. The number of carboxylic acid groups (broad SMARTS) is 1. The zero-order valence-electron chi connectivity index (χ0n) is 14.2. The van der Waals surface area contributed by atoms with Gasteiger partial charge in [0.1, 0.15) is 0 Å².